The molecule has 1 N–H and O–H groups in total. The normalized spacial score (nSPS) is 13.9. The second-order valence-electron chi connectivity index (χ2n) is 7.61. The van der Waals surface area contributed by atoms with Gasteiger partial charge in [-0.3, -0.25) is 13.9 Å². The van der Waals surface area contributed by atoms with Crippen LogP contribution in [-0.2, 0) is 32.5 Å². The van der Waals surface area contributed by atoms with Crippen molar-refractivity contribution >= 4 is 49.7 Å². The van der Waals surface area contributed by atoms with Gasteiger partial charge < -0.3 is 15.0 Å². The van der Waals surface area contributed by atoms with E-state index in [1.165, 1.54) is 37.5 Å². The molecule has 1 aliphatic rings. The minimum Gasteiger partial charge on any atom is -0.465 e. The number of benzene rings is 1. The van der Waals surface area contributed by atoms with Gasteiger partial charge in [0.2, 0.25) is 15.9 Å². The standard InChI is InChI=1S/C21H25N3O6S2/c1-13(25)14-6-5-7-15(10-14)24(32(4,28)29)12-18(26)22-20-19(21(27)30-3)16-8-9-23(2)11-17(16)31-20/h5-7,10H,8-9,11-12H2,1-4H3,(H,22,26). The van der Waals surface area contributed by atoms with Gasteiger partial charge in [-0.15, -0.1) is 11.3 Å². The van der Waals surface area contributed by atoms with Crippen LogP contribution in [0.25, 0.3) is 0 Å². The monoisotopic (exact) mass is 479 g/mol. The number of sulfonamides is 1. The molecule has 0 saturated heterocycles. The van der Waals surface area contributed by atoms with Crippen molar-refractivity contribution in [3.8, 4) is 0 Å². The molecule has 1 aliphatic heterocycles. The number of esters is 1. The molecule has 0 bridgehead atoms. The van der Waals surface area contributed by atoms with Gasteiger partial charge in [0.25, 0.3) is 0 Å². The number of hydrogen-bond acceptors (Lipinski definition) is 8. The highest BCUT2D eigenvalue weighted by atomic mass is 32.2. The van der Waals surface area contributed by atoms with Crippen LogP contribution in [0, 0.1) is 0 Å². The number of anilines is 2. The lowest BCUT2D eigenvalue weighted by molar-refractivity contribution is -0.114. The van der Waals surface area contributed by atoms with Gasteiger partial charge in [-0.2, -0.15) is 0 Å². The van der Waals surface area contributed by atoms with Gasteiger partial charge >= 0.3 is 5.97 Å². The zero-order valence-corrected chi connectivity index (χ0v) is 19.9. The van der Waals surface area contributed by atoms with Crippen LogP contribution in [0.2, 0.25) is 0 Å². The molecule has 3 rings (SSSR count). The van der Waals surface area contributed by atoms with E-state index in [-0.39, 0.29) is 11.5 Å². The van der Waals surface area contributed by atoms with Gasteiger partial charge in [-0.1, -0.05) is 12.1 Å². The van der Waals surface area contributed by atoms with Crippen LogP contribution in [0.15, 0.2) is 24.3 Å². The minimum absolute atomic E-state index is 0.204. The fraction of sp³-hybridized carbons (Fsp3) is 0.381. The summed E-state index contributed by atoms with van der Waals surface area (Å²) in [5.74, 6) is -1.38. The number of likely N-dealkylation sites (N-methyl/N-ethyl adjacent to an activating group) is 1. The number of fused-ring (bicyclic) bond motifs is 1. The molecule has 1 amide bonds. The highest BCUT2D eigenvalue weighted by Gasteiger charge is 2.29. The first-order valence-electron chi connectivity index (χ1n) is 9.81. The summed E-state index contributed by atoms with van der Waals surface area (Å²) < 4.78 is 30.6. The van der Waals surface area contributed by atoms with Crippen molar-refractivity contribution in [3.05, 3.63) is 45.8 Å². The number of carbonyl (C=O) groups excluding carboxylic acids is 3. The van der Waals surface area contributed by atoms with Crippen molar-refractivity contribution in [1.82, 2.24) is 4.90 Å². The largest absolute Gasteiger partial charge is 0.465 e. The lowest BCUT2D eigenvalue weighted by atomic mass is 10.0. The summed E-state index contributed by atoms with van der Waals surface area (Å²) in [5, 5.41) is 3.04. The van der Waals surface area contributed by atoms with Gasteiger partial charge in [0.05, 0.1) is 24.6 Å². The van der Waals surface area contributed by atoms with Crippen molar-refractivity contribution in [3.63, 3.8) is 0 Å². The first-order chi connectivity index (χ1) is 15.0. The molecule has 0 radical (unpaired) electrons. The van der Waals surface area contributed by atoms with E-state index in [1.807, 2.05) is 7.05 Å². The van der Waals surface area contributed by atoms with Crippen LogP contribution < -0.4 is 9.62 Å². The number of methoxy groups -OCH3 is 1. The number of amides is 1. The summed E-state index contributed by atoms with van der Waals surface area (Å²) in [6.07, 6.45) is 1.64. The molecular weight excluding hydrogens is 454 g/mol. The second-order valence-corrected chi connectivity index (χ2v) is 10.6. The molecular formula is C21H25N3O6S2. The van der Waals surface area contributed by atoms with Gasteiger partial charge in [0, 0.05) is 23.5 Å². The van der Waals surface area contributed by atoms with E-state index in [4.69, 9.17) is 4.74 Å². The lowest BCUT2D eigenvalue weighted by Crippen LogP contribution is -2.37. The molecule has 0 saturated carbocycles. The van der Waals surface area contributed by atoms with Crippen molar-refractivity contribution in [2.75, 3.05) is 43.1 Å². The quantitative estimate of drug-likeness (QED) is 0.478. The van der Waals surface area contributed by atoms with Crippen LogP contribution in [0.3, 0.4) is 0 Å². The number of ether oxygens (including phenoxy) is 1. The molecule has 2 aromatic rings. The Kier molecular flexibility index (Phi) is 7.01. The van der Waals surface area contributed by atoms with Crippen molar-refractivity contribution < 1.29 is 27.5 Å². The smallest absolute Gasteiger partial charge is 0.341 e. The Hall–Kier alpha value is -2.76. The third kappa shape index (κ3) is 5.17. The number of hydrogen-bond donors (Lipinski definition) is 1. The third-order valence-corrected chi connectivity index (χ3v) is 7.39. The molecule has 0 aliphatic carbocycles. The maximum atomic E-state index is 12.9. The van der Waals surface area contributed by atoms with Gasteiger partial charge in [-0.05, 0) is 38.1 Å². The molecule has 0 spiro atoms. The van der Waals surface area contributed by atoms with Crippen LogP contribution >= 0.6 is 11.3 Å². The molecule has 32 heavy (non-hydrogen) atoms. The minimum atomic E-state index is -3.82. The van der Waals surface area contributed by atoms with Crippen molar-refractivity contribution in [2.45, 2.75) is 19.9 Å². The van der Waals surface area contributed by atoms with Gasteiger partial charge in [-0.25, -0.2) is 13.2 Å². The number of carbonyl (C=O) groups is 3. The molecule has 2 heterocycles. The van der Waals surface area contributed by atoms with E-state index in [0.717, 1.165) is 27.5 Å². The number of rotatable bonds is 7. The summed E-state index contributed by atoms with van der Waals surface area (Å²) in [5.41, 5.74) is 1.71. The highest BCUT2D eigenvalue weighted by Crippen LogP contribution is 2.37. The lowest BCUT2D eigenvalue weighted by Gasteiger charge is -2.22. The molecule has 1 aromatic carbocycles. The first kappa shape index (κ1) is 23.9. The average molecular weight is 480 g/mol. The highest BCUT2D eigenvalue weighted by molar-refractivity contribution is 7.92. The predicted octanol–water partition coefficient (Wildman–Crippen LogP) is 2.13. The Balaban J connectivity index is 1.90. The molecule has 9 nitrogen and oxygen atoms in total. The van der Waals surface area contributed by atoms with Crippen LogP contribution in [0.4, 0.5) is 10.7 Å². The Morgan fingerprint density at radius 3 is 2.62 bits per heavy atom. The Morgan fingerprint density at radius 1 is 1.28 bits per heavy atom. The van der Waals surface area contributed by atoms with Crippen LogP contribution in [-0.4, -0.2) is 64.5 Å². The van der Waals surface area contributed by atoms with Gasteiger partial charge in [0.15, 0.2) is 5.78 Å². The van der Waals surface area contributed by atoms with E-state index < -0.39 is 28.4 Å². The molecule has 172 valence electrons. The Morgan fingerprint density at radius 2 is 2.00 bits per heavy atom. The number of thiophene rings is 1. The van der Waals surface area contributed by atoms with E-state index in [9.17, 15) is 22.8 Å². The van der Waals surface area contributed by atoms with Crippen LogP contribution in [0.5, 0.6) is 0 Å². The second kappa shape index (κ2) is 9.39. The topological polar surface area (TPSA) is 113 Å². The first-order valence-corrected chi connectivity index (χ1v) is 12.5. The molecule has 0 fully saturated rings. The Bertz CT molecular complexity index is 1170. The summed E-state index contributed by atoms with van der Waals surface area (Å²) in [4.78, 5) is 40.0. The number of nitrogens with zero attached hydrogens (tertiary/aromatic N) is 2. The number of ketones is 1. The zero-order chi connectivity index (χ0) is 23.6. The van der Waals surface area contributed by atoms with Crippen LogP contribution in [0.1, 0.15) is 38.1 Å². The third-order valence-electron chi connectivity index (χ3n) is 5.12. The Labute approximate surface area is 191 Å². The van der Waals surface area contributed by atoms with E-state index in [1.54, 1.807) is 12.1 Å². The zero-order valence-electron chi connectivity index (χ0n) is 18.3. The summed E-state index contributed by atoms with van der Waals surface area (Å²) in [6.45, 7) is 2.28. The van der Waals surface area contributed by atoms with Crippen molar-refractivity contribution in [2.24, 2.45) is 0 Å². The van der Waals surface area contributed by atoms with E-state index in [0.29, 0.717) is 29.1 Å². The average Bonchev–Trinajstić information content (AvgIpc) is 3.07. The molecule has 1 aromatic heterocycles. The molecule has 0 unspecified atom stereocenters. The fourth-order valence-electron chi connectivity index (χ4n) is 3.51. The molecule has 0 atom stereocenters. The maximum absolute atomic E-state index is 12.9. The van der Waals surface area contributed by atoms with E-state index in [2.05, 4.69) is 10.2 Å². The summed E-state index contributed by atoms with van der Waals surface area (Å²) in [7, 11) is -0.574. The van der Waals surface area contributed by atoms with Gasteiger partial charge in [0.1, 0.15) is 11.5 Å². The van der Waals surface area contributed by atoms with E-state index >= 15 is 0 Å². The predicted molar refractivity (Wildman–Crippen MR) is 123 cm³/mol. The van der Waals surface area contributed by atoms with Crippen molar-refractivity contribution in [1.29, 1.82) is 0 Å². The number of nitrogens with one attached hydrogen (secondary N) is 1. The maximum Gasteiger partial charge on any atom is 0.341 e. The fourth-order valence-corrected chi connectivity index (χ4v) is 5.69. The molecule has 11 heteroatoms. The number of Topliss-reactive ketones (excluding diaryl/α,β-unsaturated/α-hetero) is 1. The SMILES string of the molecule is COC(=O)c1c(NC(=O)CN(c2cccc(C(C)=O)c2)S(C)(=O)=O)sc2c1CCN(C)C2. The summed E-state index contributed by atoms with van der Waals surface area (Å²) in [6, 6.07) is 6.07. The summed E-state index contributed by atoms with van der Waals surface area (Å²) >= 11 is 1.29.